The molecule has 3 nitrogen and oxygen atoms in total. The third-order valence-corrected chi connectivity index (χ3v) is 9.03. The molecule has 42 heavy (non-hydrogen) atoms. The topological polar surface area (TPSA) is 34.8 Å². The van der Waals surface area contributed by atoms with Crippen molar-refractivity contribution in [2.45, 2.75) is 19.3 Å². The van der Waals surface area contributed by atoms with E-state index < -0.39 is 5.41 Å². The SMILES string of the molecule is C=C/C=C(\C=C/C)N1c2ccc3[nH]c4ccccc4c3c2C(C)(c2ccccc2)c2ccc3[nH]c4ccccc4c3c21. The first-order valence-corrected chi connectivity index (χ1v) is 14.5. The molecule has 7 aromatic rings. The van der Waals surface area contributed by atoms with Crippen molar-refractivity contribution in [3.05, 3.63) is 156 Å². The summed E-state index contributed by atoms with van der Waals surface area (Å²) in [6.07, 6.45) is 8.30. The number of para-hydroxylation sites is 2. The van der Waals surface area contributed by atoms with Crippen LogP contribution in [0.15, 0.2) is 140 Å². The molecule has 202 valence electrons. The van der Waals surface area contributed by atoms with Gasteiger partial charge in [0, 0.05) is 60.3 Å². The van der Waals surface area contributed by atoms with E-state index in [1.54, 1.807) is 0 Å². The third kappa shape index (κ3) is 3.22. The summed E-state index contributed by atoms with van der Waals surface area (Å²) in [5, 5.41) is 4.96. The number of nitrogens with one attached hydrogen (secondary N) is 2. The van der Waals surface area contributed by atoms with Gasteiger partial charge in [-0.25, -0.2) is 0 Å². The Bertz CT molecular complexity index is 2240. The molecule has 2 aromatic heterocycles. The Kier molecular flexibility index (Phi) is 5.32. The van der Waals surface area contributed by atoms with Crippen molar-refractivity contribution in [2.24, 2.45) is 0 Å². The molecule has 2 N–H and O–H groups in total. The lowest BCUT2D eigenvalue weighted by Gasteiger charge is -2.45. The summed E-state index contributed by atoms with van der Waals surface area (Å²) in [4.78, 5) is 9.88. The Labute approximate surface area is 245 Å². The van der Waals surface area contributed by atoms with Gasteiger partial charge in [0.25, 0.3) is 0 Å². The highest BCUT2D eigenvalue weighted by atomic mass is 15.2. The summed E-state index contributed by atoms with van der Waals surface area (Å²) in [5.74, 6) is 0. The molecule has 0 amide bonds. The molecule has 3 heterocycles. The maximum atomic E-state index is 4.10. The first-order chi connectivity index (χ1) is 20.6. The molecule has 1 atom stereocenters. The van der Waals surface area contributed by atoms with E-state index in [0.29, 0.717) is 0 Å². The summed E-state index contributed by atoms with van der Waals surface area (Å²) in [7, 11) is 0. The average molecular weight is 542 g/mol. The monoisotopic (exact) mass is 541 g/mol. The van der Waals surface area contributed by atoms with Gasteiger partial charge < -0.3 is 14.9 Å². The molecule has 0 bridgehead atoms. The van der Waals surface area contributed by atoms with Crippen molar-refractivity contribution in [1.29, 1.82) is 0 Å². The molecule has 0 saturated heterocycles. The standard InChI is InChI=1S/C39H31N3/c1-4-13-26(14-5-2)42-34-24-23-32-35(27-17-9-11-19-30(27)40-32)37(34)39(3,25-15-7-6-8-16-25)29-21-22-33-36(38(29)42)28-18-10-12-20-31(28)41-33/h4-24,40-41H,1H2,2-3H3/b14-5-,26-13+. The Balaban J connectivity index is 1.64. The van der Waals surface area contributed by atoms with Crippen LogP contribution in [0.25, 0.3) is 43.6 Å². The van der Waals surface area contributed by atoms with Gasteiger partial charge in [0.2, 0.25) is 0 Å². The van der Waals surface area contributed by atoms with Crippen LogP contribution in [0.2, 0.25) is 0 Å². The molecule has 1 aliphatic heterocycles. The van der Waals surface area contributed by atoms with Gasteiger partial charge in [-0.2, -0.15) is 0 Å². The van der Waals surface area contributed by atoms with Crippen LogP contribution in [0.3, 0.4) is 0 Å². The molecule has 8 rings (SSSR count). The molecule has 1 unspecified atom stereocenters. The Morgan fingerprint density at radius 1 is 0.714 bits per heavy atom. The second kappa shape index (κ2) is 9.12. The van der Waals surface area contributed by atoms with E-state index in [1.165, 1.54) is 49.6 Å². The van der Waals surface area contributed by atoms with Gasteiger partial charge in [-0.15, -0.1) is 0 Å². The Hall–Kier alpha value is -5.28. The van der Waals surface area contributed by atoms with Crippen LogP contribution in [-0.2, 0) is 5.41 Å². The van der Waals surface area contributed by atoms with E-state index in [0.717, 1.165) is 27.8 Å². The quantitative estimate of drug-likeness (QED) is 0.214. The van der Waals surface area contributed by atoms with Crippen molar-refractivity contribution in [3.8, 4) is 0 Å². The Morgan fingerprint density at radius 3 is 2.02 bits per heavy atom. The predicted molar refractivity (Wildman–Crippen MR) is 179 cm³/mol. The van der Waals surface area contributed by atoms with Crippen molar-refractivity contribution in [3.63, 3.8) is 0 Å². The molecular weight excluding hydrogens is 510 g/mol. The van der Waals surface area contributed by atoms with E-state index in [-0.39, 0.29) is 0 Å². The van der Waals surface area contributed by atoms with Gasteiger partial charge in [-0.05, 0) is 67.5 Å². The van der Waals surface area contributed by atoms with E-state index >= 15 is 0 Å². The number of H-pyrrole nitrogens is 2. The van der Waals surface area contributed by atoms with Gasteiger partial charge in [-0.1, -0.05) is 91.5 Å². The van der Waals surface area contributed by atoms with Crippen molar-refractivity contribution >= 4 is 55.0 Å². The lowest BCUT2D eigenvalue weighted by Crippen LogP contribution is -2.35. The highest BCUT2D eigenvalue weighted by molar-refractivity contribution is 6.19. The summed E-state index contributed by atoms with van der Waals surface area (Å²) >= 11 is 0. The number of aromatic amines is 2. The lowest BCUT2D eigenvalue weighted by atomic mass is 9.66. The van der Waals surface area contributed by atoms with Crippen molar-refractivity contribution < 1.29 is 0 Å². The van der Waals surface area contributed by atoms with Crippen molar-refractivity contribution in [2.75, 3.05) is 4.90 Å². The molecule has 0 radical (unpaired) electrons. The maximum absolute atomic E-state index is 4.10. The average Bonchev–Trinajstić information content (AvgIpc) is 3.60. The zero-order chi connectivity index (χ0) is 28.4. The highest BCUT2D eigenvalue weighted by Crippen LogP contribution is 2.58. The van der Waals surface area contributed by atoms with Crippen LogP contribution in [-0.4, -0.2) is 9.97 Å². The smallest absolute Gasteiger partial charge is 0.0606 e. The minimum atomic E-state index is -0.436. The first kappa shape index (κ1) is 24.5. The lowest BCUT2D eigenvalue weighted by molar-refractivity contribution is 0.688. The predicted octanol–water partition coefficient (Wildman–Crippen LogP) is 10.4. The number of hydrogen-bond donors (Lipinski definition) is 2. The summed E-state index contributed by atoms with van der Waals surface area (Å²) in [6.45, 7) is 8.59. The molecule has 5 aromatic carbocycles. The second-order valence-corrected chi connectivity index (χ2v) is 11.3. The van der Waals surface area contributed by atoms with E-state index in [2.05, 4.69) is 157 Å². The van der Waals surface area contributed by atoms with Crippen LogP contribution in [0.1, 0.15) is 30.5 Å². The summed E-state index contributed by atoms with van der Waals surface area (Å²) < 4.78 is 0. The van der Waals surface area contributed by atoms with Gasteiger partial charge >= 0.3 is 0 Å². The fourth-order valence-electron chi connectivity index (χ4n) is 7.27. The Morgan fingerprint density at radius 2 is 1.33 bits per heavy atom. The number of rotatable bonds is 4. The normalized spacial score (nSPS) is 17.0. The fraction of sp³-hybridized carbons (Fsp3) is 0.0769. The van der Waals surface area contributed by atoms with E-state index in [4.69, 9.17) is 0 Å². The number of allylic oxidation sites excluding steroid dienone is 4. The molecule has 0 saturated carbocycles. The summed E-state index contributed by atoms with van der Waals surface area (Å²) in [5.41, 5.74) is 11.4. The third-order valence-electron chi connectivity index (χ3n) is 9.03. The van der Waals surface area contributed by atoms with Crippen LogP contribution in [0, 0.1) is 0 Å². The zero-order valence-electron chi connectivity index (χ0n) is 23.8. The number of benzene rings is 5. The molecule has 3 heteroatoms. The van der Waals surface area contributed by atoms with Gasteiger partial charge in [0.05, 0.1) is 11.4 Å². The number of hydrogen-bond acceptors (Lipinski definition) is 1. The fourth-order valence-corrected chi connectivity index (χ4v) is 7.27. The first-order valence-electron chi connectivity index (χ1n) is 14.5. The number of anilines is 2. The minimum absolute atomic E-state index is 0.436. The number of aromatic nitrogens is 2. The molecule has 0 aliphatic carbocycles. The minimum Gasteiger partial charge on any atom is -0.354 e. The van der Waals surface area contributed by atoms with Crippen molar-refractivity contribution in [1.82, 2.24) is 9.97 Å². The second-order valence-electron chi connectivity index (χ2n) is 11.3. The molecular formula is C39H31N3. The van der Waals surface area contributed by atoms with E-state index in [9.17, 15) is 0 Å². The van der Waals surface area contributed by atoms with Crippen LogP contribution >= 0.6 is 0 Å². The van der Waals surface area contributed by atoms with E-state index in [1.807, 2.05) is 6.08 Å². The summed E-state index contributed by atoms with van der Waals surface area (Å²) in [6, 6.07) is 37.4. The van der Waals surface area contributed by atoms with Gasteiger partial charge in [0.1, 0.15) is 0 Å². The number of nitrogens with zero attached hydrogens (tertiary/aromatic N) is 1. The maximum Gasteiger partial charge on any atom is 0.0606 e. The van der Waals surface area contributed by atoms with Gasteiger partial charge in [0.15, 0.2) is 0 Å². The highest BCUT2D eigenvalue weighted by Gasteiger charge is 2.44. The van der Waals surface area contributed by atoms with Crippen LogP contribution < -0.4 is 4.90 Å². The molecule has 0 fully saturated rings. The van der Waals surface area contributed by atoms with Gasteiger partial charge in [-0.3, -0.25) is 0 Å². The molecule has 0 spiro atoms. The van der Waals surface area contributed by atoms with Crippen LogP contribution in [0.5, 0.6) is 0 Å². The number of fused-ring (bicyclic) bond motifs is 10. The largest absolute Gasteiger partial charge is 0.354 e. The zero-order valence-corrected chi connectivity index (χ0v) is 23.8. The van der Waals surface area contributed by atoms with Crippen LogP contribution in [0.4, 0.5) is 11.4 Å². The molecule has 1 aliphatic rings.